The molecule has 0 aliphatic carbocycles. The third-order valence-electron chi connectivity index (χ3n) is 7.89. The maximum Gasteiger partial charge on any atom is 0.264 e. The molecule has 0 saturated carbocycles. The number of carbonyl (C=O) groups excluding carboxylic acids is 2. The summed E-state index contributed by atoms with van der Waals surface area (Å²) in [7, 11) is -4.23. The quantitative estimate of drug-likeness (QED) is 0.150. The van der Waals surface area contributed by atoms with Crippen LogP contribution in [0.5, 0.6) is 5.75 Å². The number of halogens is 1. The summed E-state index contributed by atoms with van der Waals surface area (Å²) < 4.78 is 35.1. The standard InChI is InChI=1S/C37H42ClN3O5S/c1-5-28(4)39-37(43)35(24-29-12-8-7-9-13-29)40(25-30-14-10-11-15-34(30)38)36(42)26-41(31-18-16-27(3)17-19-31)47(44,45)33-22-20-32(21-23-33)46-6-2/h7-23,28,35H,5-6,24-26H2,1-4H3,(H,39,43)/t28-,35+/m0/s1. The van der Waals surface area contributed by atoms with Gasteiger partial charge in [-0.15, -0.1) is 0 Å². The van der Waals surface area contributed by atoms with Crippen molar-refractivity contribution >= 4 is 39.1 Å². The number of hydrogen-bond donors (Lipinski definition) is 1. The SMILES string of the molecule is CCOc1ccc(S(=O)(=O)N(CC(=O)N(Cc2ccccc2Cl)[C@H](Cc2ccccc2)C(=O)N[C@@H](C)CC)c2ccc(C)cc2)cc1. The van der Waals surface area contributed by atoms with Crippen molar-refractivity contribution in [1.82, 2.24) is 10.2 Å². The van der Waals surface area contributed by atoms with Gasteiger partial charge in [-0.2, -0.15) is 0 Å². The van der Waals surface area contributed by atoms with Crippen molar-refractivity contribution in [3.05, 3.63) is 125 Å². The molecule has 47 heavy (non-hydrogen) atoms. The van der Waals surface area contributed by atoms with E-state index >= 15 is 0 Å². The second-order valence-corrected chi connectivity index (χ2v) is 13.7. The van der Waals surface area contributed by atoms with E-state index in [-0.39, 0.29) is 29.8 Å². The van der Waals surface area contributed by atoms with Crippen LogP contribution in [0.3, 0.4) is 0 Å². The number of sulfonamides is 1. The molecule has 1 N–H and O–H groups in total. The normalized spacial score (nSPS) is 12.5. The number of benzene rings is 4. The van der Waals surface area contributed by atoms with E-state index in [1.54, 1.807) is 54.6 Å². The molecule has 0 aliphatic heterocycles. The van der Waals surface area contributed by atoms with Gasteiger partial charge in [0, 0.05) is 24.0 Å². The van der Waals surface area contributed by atoms with Gasteiger partial charge in [-0.05, 0) is 80.8 Å². The Balaban J connectivity index is 1.80. The lowest BCUT2D eigenvalue weighted by molar-refractivity contribution is -0.140. The monoisotopic (exact) mass is 675 g/mol. The number of anilines is 1. The van der Waals surface area contributed by atoms with Crippen LogP contribution in [-0.4, -0.2) is 50.4 Å². The summed E-state index contributed by atoms with van der Waals surface area (Å²) in [6.07, 6.45) is 0.916. The minimum Gasteiger partial charge on any atom is -0.494 e. The molecule has 4 aromatic rings. The van der Waals surface area contributed by atoms with E-state index in [9.17, 15) is 18.0 Å². The third-order valence-corrected chi connectivity index (χ3v) is 10.1. The van der Waals surface area contributed by atoms with E-state index in [0.29, 0.717) is 35.1 Å². The molecule has 2 amide bonds. The van der Waals surface area contributed by atoms with Crippen molar-refractivity contribution in [3.63, 3.8) is 0 Å². The molecule has 0 bridgehead atoms. The molecule has 248 valence electrons. The van der Waals surface area contributed by atoms with Gasteiger partial charge in [0.1, 0.15) is 18.3 Å². The number of carbonyl (C=O) groups is 2. The zero-order valence-corrected chi connectivity index (χ0v) is 28.8. The fourth-order valence-electron chi connectivity index (χ4n) is 5.05. The Hall–Kier alpha value is -4.34. The van der Waals surface area contributed by atoms with Gasteiger partial charge in [-0.3, -0.25) is 13.9 Å². The fraction of sp³-hybridized carbons (Fsp3) is 0.297. The molecule has 0 fully saturated rings. The largest absolute Gasteiger partial charge is 0.494 e. The number of rotatable bonds is 15. The Morgan fingerprint density at radius 1 is 0.872 bits per heavy atom. The predicted molar refractivity (Wildman–Crippen MR) is 187 cm³/mol. The molecular weight excluding hydrogens is 634 g/mol. The number of amides is 2. The smallest absolute Gasteiger partial charge is 0.264 e. The summed E-state index contributed by atoms with van der Waals surface area (Å²) in [6.45, 7) is 7.49. The molecule has 0 saturated heterocycles. The Bertz CT molecular complexity index is 1730. The first-order chi connectivity index (χ1) is 22.5. The lowest BCUT2D eigenvalue weighted by Gasteiger charge is -2.34. The maximum absolute atomic E-state index is 14.6. The topological polar surface area (TPSA) is 96.0 Å². The highest BCUT2D eigenvalue weighted by atomic mass is 35.5. The first kappa shape index (κ1) is 35.5. The Morgan fingerprint density at radius 3 is 2.13 bits per heavy atom. The summed E-state index contributed by atoms with van der Waals surface area (Å²) in [4.78, 5) is 30.0. The molecule has 0 heterocycles. The van der Waals surface area contributed by atoms with Crippen molar-refractivity contribution in [2.45, 2.75) is 64.1 Å². The zero-order valence-electron chi connectivity index (χ0n) is 27.2. The summed E-state index contributed by atoms with van der Waals surface area (Å²) in [6, 6.07) is 28.5. The van der Waals surface area contributed by atoms with Crippen molar-refractivity contribution in [2.75, 3.05) is 17.5 Å². The summed E-state index contributed by atoms with van der Waals surface area (Å²) in [5.74, 6) is -0.355. The molecule has 8 nitrogen and oxygen atoms in total. The lowest BCUT2D eigenvalue weighted by atomic mass is 10.0. The molecular formula is C37H42ClN3O5S. The molecule has 4 aromatic carbocycles. The molecule has 2 atom stereocenters. The Kier molecular flexibility index (Phi) is 12.4. The number of ether oxygens (including phenoxy) is 1. The van der Waals surface area contributed by atoms with Gasteiger partial charge in [0.2, 0.25) is 11.8 Å². The van der Waals surface area contributed by atoms with E-state index in [1.165, 1.54) is 17.0 Å². The van der Waals surface area contributed by atoms with Gasteiger partial charge in [0.15, 0.2) is 0 Å². The number of nitrogens with one attached hydrogen (secondary N) is 1. The summed E-state index contributed by atoms with van der Waals surface area (Å²) in [5, 5.41) is 3.47. The van der Waals surface area contributed by atoms with Crippen molar-refractivity contribution in [3.8, 4) is 5.75 Å². The second kappa shape index (κ2) is 16.5. The number of nitrogens with zero attached hydrogens (tertiary/aromatic N) is 2. The third kappa shape index (κ3) is 9.36. The molecule has 0 unspecified atom stereocenters. The highest BCUT2D eigenvalue weighted by molar-refractivity contribution is 7.92. The molecule has 0 spiro atoms. The number of hydrogen-bond acceptors (Lipinski definition) is 5. The van der Waals surface area contributed by atoms with Crippen molar-refractivity contribution in [1.29, 1.82) is 0 Å². The van der Waals surface area contributed by atoms with E-state index in [4.69, 9.17) is 16.3 Å². The van der Waals surface area contributed by atoms with E-state index < -0.39 is 28.5 Å². The number of aryl methyl sites for hydroxylation is 1. The van der Waals surface area contributed by atoms with Crippen molar-refractivity contribution in [2.24, 2.45) is 0 Å². The first-order valence-electron chi connectivity index (χ1n) is 15.7. The van der Waals surface area contributed by atoms with Crippen LogP contribution in [-0.2, 0) is 32.6 Å². The van der Waals surface area contributed by atoms with Crippen LogP contribution in [0.2, 0.25) is 5.02 Å². The van der Waals surface area contributed by atoms with Crippen LogP contribution in [0.25, 0.3) is 0 Å². The minimum atomic E-state index is -4.23. The van der Waals surface area contributed by atoms with Crippen molar-refractivity contribution < 1.29 is 22.7 Å². The van der Waals surface area contributed by atoms with Crippen LogP contribution in [0.4, 0.5) is 5.69 Å². The molecule has 0 aromatic heterocycles. The van der Waals surface area contributed by atoms with Gasteiger partial charge in [-0.25, -0.2) is 8.42 Å². The lowest BCUT2D eigenvalue weighted by Crippen LogP contribution is -2.54. The van der Waals surface area contributed by atoms with Gasteiger partial charge in [0.25, 0.3) is 10.0 Å². The highest BCUT2D eigenvalue weighted by Gasteiger charge is 2.35. The van der Waals surface area contributed by atoms with E-state index in [0.717, 1.165) is 15.4 Å². The summed E-state index contributed by atoms with van der Waals surface area (Å²) >= 11 is 6.57. The minimum absolute atomic E-state index is 0.00216. The molecule has 0 radical (unpaired) electrons. The Labute approximate surface area is 283 Å². The molecule has 10 heteroatoms. The fourth-order valence-corrected chi connectivity index (χ4v) is 6.66. The van der Waals surface area contributed by atoms with Crippen LogP contribution in [0.15, 0.2) is 108 Å². The van der Waals surface area contributed by atoms with E-state index in [1.807, 2.05) is 64.1 Å². The van der Waals surface area contributed by atoms with E-state index in [2.05, 4.69) is 5.32 Å². The highest BCUT2D eigenvalue weighted by Crippen LogP contribution is 2.27. The predicted octanol–water partition coefficient (Wildman–Crippen LogP) is 6.80. The van der Waals surface area contributed by atoms with Crippen LogP contribution in [0.1, 0.15) is 43.9 Å². The van der Waals surface area contributed by atoms with Gasteiger partial charge in [0.05, 0.1) is 17.2 Å². The summed E-state index contributed by atoms with van der Waals surface area (Å²) in [5.41, 5.74) is 2.74. The molecule has 0 aliphatic rings. The van der Waals surface area contributed by atoms with Crippen LogP contribution in [0, 0.1) is 6.92 Å². The van der Waals surface area contributed by atoms with Gasteiger partial charge < -0.3 is 15.0 Å². The average molecular weight is 676 g/mol. The molecule has 4 rings (SSSR count). The Morgan fingerprint density at radius 2 is 1.51 bits per heavy atom. The maximum atomic E-state index is 14.6. The van der Waals surface area contributed by atoms with Gasteiger partial charge >= 0.3 is 0 Å². The van der Waals surface area contributed by atoms with Crippen LogP contribution >= 0.6 is 11.6 Å². The zero-order chi connectivity index (χ0) is 34.0. The first-order valence-corrected chi connectivity index (χ1v) is 17.5. The van der Waals surface area contributed by atoms with Gasteiger partial charge in [-0.1, -0.05) is 84.8 Å². The second-order valence-electron chi connectivity index (χ2n) is 11.4. The van der Waals surface area contributed by atoms with Crippen LogP contribution < -0.4 is 14.4 Å². The average Bonchev–Trinajstić information content (AvgIpc) is 3.07.